The van der Waals surface area contributed by atoms with Crippen molar-refractivity contribution in [1.29, 1.82) is 15.8 Å². The molecule has 0 unspecified atom stereocenters. The molecule has 0 amide bonds. The molecule has 10 heteroatoms. The summed E-state index contributed by atoms with van der Waals surface area (Å²) in [5.74, 6) is -6.70. The zero-order valence-electron chi connectivity index (χ0n) is 14.7. The van der Waals surface area contributed by atoms with E-state index in [4.69, 9.17) is 0 Å². The minimum atomic E-state index is -5.47. The summed E-state index contributed by atoms with van der Waals surface area (Å²) in [7, 11) is 0. The van der Waals surface area contributed by atoms with Crippen LogP contribution in [0.15, 0.2) is 12.1 Å². The lowest BCUT2D eigenvalue weighted by Gasteiger charge is -2.12. The van der Waals surface area contributed by atoms with Gasteiger partial charge in [-0.2, -0.15) is 33.3 Å². The van der Waals surface area contributed by atoms with Gasteiger partial charge in [-0.25, -0.2) is 13.8 Å². The molecule has 0 aliphatic rings. The molecule has 0 saturated carbocycles. The maximum Gasteiger partial charge on any atom is 0.436 e. The number of nitriles is 3. The Balaban J connectivity index is 3.21. The Morgan fingerprint density at radius 2 is 1.41 bits per heavy atom. The molecule has 4 nitrogen and oxygen atoms in total. The molecule has 0 aliphatic heterocycles. The first-order chi connectivity index (χ1) is 13.5. The van der Waals surface area contributed by atoms with Crippen molar-refractivity contribution in [3.63, 3.8) is 0 Å². The average molecular weight is 406 g/mol. The van der Waals surface area contributed by atoms with Gasteiger partial charge in [-0.05, 0) is 19.1 Å². The van der Waals surface area contributed by atoms with Gasteiger partial charge in [-0.3, -0.25) is 0 Å². The Kier molecular flexibility index (Phi) is 5.66. The predicted octanol–water partition coefficient (Wildman–Crippen LogP) is 3.17. The van der Waals surface area contributed by atoms with Crippen LogP contribution in [-0.4, -0.2) is 4.98 Å². The molecule has 0 bridgehead atoms. The molecule has 29 heavy (non-hydrogen) atoms. The van der Waals surface area contributed by atoms with Gasteiger partial charge in [0, 0.05) is 5.22 Å². The minimum Gasteiger partial charge on any atom is -0.209 e. The van der Waals surface area contributed by atoms with Gasteiger partial charge in [-0.15, -0.1) is 0 Å². The van der Waals surface area contributed by atoms with Crippen LogP contribution in [0.4, 0.5) is 26.3 Å². The fourth-order valence-corrected chi connectivity index (χ4v) is 2.63. The highest BCUT2D eigenvalue weighted by molar-refractivity contribution is 5.79. The summed E-state index contributed by atoms with van der Waals surface area (Å²) in [4.78, 5) is 2.24. The lowest BCUT2D eigenvalue weighted by molar-refractivity contribution is -0.144. The van der Waals surface area contributed by atoms with Gasteiger partial charge in [0.05, 0.1) is 22.3 Å². The van der Waals surface area contributed by atoms with Gasteiger partial charge in [0.1, 0.15) is 18.2 Å². The van der Waals surface area contributed by atoms with E-state index in [1.807, 2.05) is 0 Å². The van der Waals surface area contributed by atoms with Gasteiger partial charge in [-0.1, -0.05) is 17.7 Å². The van der Waals surface area contributed by atoms with Crippen LogP contribution in [0.3, 0.4) is 0 Å². The van der Waals surface area contributed by atoms with Gasteiger partial charge < -0.3 is 0 Å². The fraction of sp³-hybridized carbons (Fsp3) is 0.158. The van der Waals surface area contributed by atoms with Crippen molar-refractivity contribution in [1.82, 2.24) is 4.98 Å². The Bertz CT molecular complexity index is 1270. The molecule has 1 aromatic carbocycles. The Labute approximate surface area is 159 Å². The second-order valence-corrected chi connectivity index (χ2v) is 5.87. The highest BCUT2D eigenvalue weighted by Gasteiger charge is 2.40. The maximum absolute atomic E-state index is 14.4. The number of nitrogens with zero attached hydrogens (tertiary/aromatic N) is 4. The van der Waals surface area contributed by atoms with Crippen molar-refractivity contribution in [2.75, 3.05) is 0 Å². The molecular weight excluding hydrogens is 398 g/mol. The van der Waals surface area contributed by atoms with Crippen LogP contribution in [0, 0.1) is 51.6 Å². The Hall–Kier alpha value is -3.84. The third-order valence-electron chi connectivity index (χ3n) is 3.91. The number of aromatic nitrogens is 1. The molecule has 0 fully saturated rings. The Morgan fingerprint density at radius 3 is 1.86 bits per heavy atom. The van der Waals surface area contributed by atoms with E-state index in [0.717, 1.165) is 6.07 Å². The molecule has 146 valence electrons. The molecule has 0 aliphatic carbocycles. The molecule has 0 N–H and O–H groups in total. The fourth-order valence-electron chi connectivity index (χ4n) is 2.63. The van der Waals surface area contributed by atoms with E-state index in [-0.39, 0.29) is 5.56 Å². The monoisotopic (exact) mass is 406 g/mol. The number of pyridine rings is 1. The van der Waals surface area contributed by atoms with Crippen molar-refractivity contribution in [3.8, 4) is 18.2 Å². The largest absolute Gasteiger partial charge is 0.436 e. The van der Waals surface area contributed by atoms with Crippen LogP contribution in [0.1, 0.15) is 36.2 Å². The number of hydrogen-bond acceptors (Lipinski definition) is 4. The summed E-state index contributed by atoms with van der Waals surface area (Å²) in [6.07, 6.45) is -5.47. The van der Waals surface area contributed by atoms with Crippen molar-refractivity contribution in [2.45, 2.75) is 20.0 Å². The topological polar surface area (TPSA) is 84.3 Å². The quantitative estimate of drug-likeness (QED) is 0.538. The summed E-state index contributed by atoms with van der Waals surface area (Å²) in [5, 5.41) is 27.9. The number of alkyl halides is 3. The number of hydrogen-bond donors (Lipinski definition) is 0. The highest BCUT2D eigenvalue weighted by atomic mass is 19.4. The smallest absolute Gasteiger partial charge is 0.209 e. The lowest BCUT2D eigenvalue weighted by Crippen LogP contribution is -2.23. The van der Waals surface area contributed by atoms with E-state index in [9.17, 15) is 42.1 Å². The second-order valence-electron chi connectivity index (χ2n) is 5.87. The predicted molar refractivity (Wildman–Crippen MR) is 87.1 cm³/mol. The molecule has 0 spiro atoms. The summed E-state index contributed by atoms with van der Waals surface area (Å²) >= 11 is 0. The molecule has 2 aromatic rings. The van der Waals surface area contributed by atoms with Crippen LogP contribution in [-0.2, 0) is 6.18 Å². The summed E-state index contributed by atoms with van der Waals surface area (Å²) in [5.41, 5.74) is -5.21. The second kappa shape index (κ2) is 7.65. The van der Waals surface area contributed by atoms with E-state index >= 15 is 0 Å². The van der Waals surface area contributed by atoms with Gasteiger partial charge >= 0.3 is 6.18 Å². The van der Waals surface area contributed by atoms with Crippen molar-refractivity contribution < 1.29 is 26.3 Å². The van der Waals surface area contributed by atoms with E-state index in [2.05, 4.69) is 4.98 Å². The normalized spacial score (nSPS) is 11.9. The molecule has 0 atom stereocenters. The van der Waals surface area contributed by atoms with Gasteiger partial charge in [0.2, 0.25) is 5.95 Å². The lowest BCUT2D eigenvalue weighted by atomic mass is 9.95. The van der Waals surface area contributed by atoms with Crippen molar-refractivity contribution >= 4 is 11.1 Å². The summed E-state index contributed by atoms with van der Waals surface area (Å²) in [6.45, 7) is 3.22. The molecule has 0 saturated heterocycles. The zero-order valence-corrected chi connectivity index (χ0v) is 14.7. The van der Waals surface area contributed by atoms with Gasteiger partial charge in [0.15, 0.2) is 17.3 Å². The number of rotatable bonds is 1. The van der Waals surface area contributed by atoms with Gasteiger partial charge in [0.25, 0.3) is 0 Å². The highest BCUT2D eigenvalue weighted by Crippen LogP contribution is 2.34. The van der Waals surface area contributed by atoms with E-state index < -0.39 is 51.4 Å². The summed E-state index contributed by atoms with van der Waals surface area (Å²) < 4.78 is 81.1. The van der Waals surface area contributed by atoms with Crippen LogP contribution in [0.2, 0.25) is 0 Å². The molecule has 2 rings (SSSR count). The zero-order chi connectivity index (χ0) is 22.1. The van der Waals surface area contributed by atoms with Crippen molar-refractivity contribution in [2.24, 2.45) is 0 Å². The Morgan fingerprint density at radius 1 is 0.897 bits per heavy atom. The standard InChI is InChI=1S/C19H8F6N4/c1-8(2)9-3-4-10(12(6-27)11(9)5-26)13(7-28)14-15(20)17(19(23,24)25)29-18(22)16(14)21/h3-4H,1-2H3/b13-10+. The van der Waals surface area contributed by atoms with Crippen LogP contribution < -0.4 is 10.4 Å². The third-order valence-corrected chi connectivity index (χ3v) is 3.91. The molecule has 1 aromatic heterocycles. The average Bonchev–Trinajstić information content (AvgIpc) is 2.65. The SMILES string of the molecule is CC(C)=c1cc/c(=C(/C#N)c2c(F)c(F)nc(C(F)(F)F)c2F)c(C#N)c1C#N. The van der Waals surface area contributed by atoms with E-state index in [1.165, 1.54) is 12.1 Å². The first kappa shape index (κ1) is 21.5. The summed E-state index contributed by atoms with van der Waals surface area (Å²) in [6, 6.07) is 6.95. The molecule has 0 radical (unpaired) electrons. The number of halogens is 6. The van der Waals surface area contributed by atoms with E-state index in [0.29, 0.717) is 10.8 Å². The van der Waals surface area contributed by atoms with E-state index in [1.54, 1.807) is 26.0 Å². The van der Waals surface area contributed by atoms with Crippen LogP contribution >= 0.6 is 0 Å². The molecular formula is C19H8F6N4. The van der Waals surface area contributed by atoms with Crippen LogP contribution in [0.25, 0.3) is 11.1 Å². The van der Waals surface area contributed by atoms with Crippen LogP contribution in [0.5, 0.6) is 0 Å². The maximum atomic E-state index is 14.4. The van der Waals surface area contributed by atoms with Crippen molar-refractivity contribution in [3.05, 3.63) is 62.5 Å². The third kappa shape index (κ3) is 3.63. The first-order valence-electron chi connectivity index (χ1n) is 7.66. The first-order valence-corrected chi connectivity index (χ1v) is 7.66. The molecule has 1 heterocycles. The minimum absolute atomic E-state index is 0.246. The number of benzene rings is 1.